The average Bonchev–Trinajstić information content (AvgIpc) is 3.03. The number of hydroxylamine groups is 1. The van der Waals surface area contributed by atoms with Gasteiger partial charge in [0.05, 0.1) is 12.2 Å². The van der Waals surface area contributed by atoms with Gasteiger partial charge in [-0.3, -0.25) is 9.63 Å². The van der Waals surface area contributed by atoms with Gasteiger partial charge in [-0.1, -0.05) is 31.5 Å². The molecule has 1 unspecified atom stereocenters. The Morgan fingerprint density at radius 2 is 2.00 bits per heavy atom. The van der Waals surface area contributed by atoms with Crippen molar-refractivity contribution in [3.05, 3.63) is 53.2 Å². The van der Waals surface area contributed by atoms with Crippen LogP contribution in [0.4, 0.5) is 11.5 Å². The zero-order chi connectivity index (χ0) is 22.3. The van der Waals surface area contributed by atoms with Gasteiger partial charge in [0.25, 0.3) is 5.91 Å². The minimum absolute atomic E-state index is 0.217. The fourth-order valence-corrected chi connectivity index (χ4v) is 3.03. The van der Waals surface area contributed by atoms with Gasteiger partial charge in [0.1, 0.15) is 24.2 Å². The number of carbonyl (C=O) groups is 1. The molecular weight excluding hydrogens is 384 g/mol. The van der Waals surface area contributed by atoms with Gasteiger partial charge in [-0.2, -0.15) is 0 Å². The molecule has 0 fully saturated rings. The van der Waals surface area contributed by atoms with Gasteiger partial charge in [-0.25, -0.2) is 10.5 Å². The summed E-state index contributed by atoms with van der Waals surface area (Å²) in [5.41, 5.74) is 6.43. The number of aryl methyl sites for hydroxylation is 3. The SMILES string of the molecule is CC.Cc1ccc(Nc2c(C(=O)NOCC(O)CO)c3cccnc3n2C)c(C)c1. The van der Waals surface area contributed by atoms with E-state index in [1.54, 1.807) is 12.3 Å². The van der Waals surface area contributed by atoms with Gasteiger partial charge in [-0.05, 0) is 37.6 Å². The lowest BCUT2D eigenvalue weighted by atomic mass is 10.1. The smallest absolute Gasteiger partial charge is 0.279 e. The first-order chi connectivity index (χ1) is 14.4. The summed E-state index contributed by atoms with van der Waals surface area (Å²) in [6.45, 7) is 7.35. The summed E-state index contributed by atoms with van der Waals surface area (Å²) >= 11 is 0. The summed E-state index contributed by atoms with van der Waals surface area (Å²) in [5, 5.41) is 22.2. The third kappa shape index (κ3) is 5.15. The Balaban J connectivity index is 0.00000155. The van der Waals surface area contributed by atoms with Gasteiger partial charge in [0.15, 0.2) is 0 Å². The molecule has 162 valence electrons. The second kappa shape index (κ2) is 10.7. The van der Waals surface area contributed by atoms with Crippen LogP contribution in [0.5, 0.6) is 0 Å². The maximum absolute atomic E-state index is 12.8. The van der Waals surface area contributed by atoms with Gasteiger partial charge < -0.3 is 20.1 Å². The molecule has 8 nitrogen and oxygen atoms in total. The van der Waals surface area contributed by atoms with Crippen LogP contribution in [0.25, 0.3) is 11.0 Å². The number of carbonyl (C=O) groups excluding carboxylic acids is 1. The molecule has 4 N–H and O–H groups in total. The molecule has 1 atom stereocenters. The lowest BCUT2D eigenvalue weighted by Crippen LogP contribution is -2.30. The number of rotatable bonds is 7. The zero-order valence-corrected chi connectivity index (χ0v) is 18.1. The Bertz CT molecular complexity index is 1000. The van der Waals surface area contributed by atoms with Crippen molar-refractivity contribution in [1.82, 2.24) is 15.0 Å². The number of hydrogen-bond donors (Lipinski definition) is 4. The van der Waals surface area contributed by atoms with Crippen molar-refractivity contribution in [1.29, 1.82) is 0 Å². The molecule has 0 bridgehead atoms. The highest BCUT2D eigenvalue weighted by Crippen LogP contribution is 2.31. The van der Waals surface area contributed by atoms with Gasteiger partial charge in [0.2, 0.25) is 0 Å². The molecule has 1 aromatic carbocycles. The molecular formula is C22H30N4O4. The van der Waals surface area contributed by atoms with E-state index in [1.165, 1.54) is 0 Å². The van der Waals surface area contributed by atoms with Gasteiger partial charge >= 0.3 is 0 Å². The molecule has 3 rings (SSSR count). The molecule has 3 aromatic rings. The number of anilines is 2. The van der Waals surface area contributed by atoms with E-state index in [1.807, 2.05) is 57.5 Å². The van der Waals surface area contributed by atoms with Crippen molar-refractivity contribution < 1.29 is 19.8 Å². The topological polar surface area (TPSA) is 109 Å². The quantitative estimate of drug-likeness (QED) is 0.443. The first-order valence-corrected chi connectivity index (χ1v) is 9.91. The van der Waals surface area contributed by atoms with Crippen LogP contribution in [0.3, 0.4) is 0 Å². The Morgan fingerprint density at radius 3 is 2.67 bits per heavy atom. The van der Waals surface area contributed by atoms with E-state index in [9.17, 15) is 9.90 Å². The van der Waals surface area contributed by atoms with Gasteiger partial charge in [-0.15, -0.1) is 0 Å². The zero-order valence-electron chi connectivity index (χ0n) is 18.1. The summed E-state index contributed by atoms with van der Waals surface area (Å²) in [6.07, 6.45) is 0.598. The highest BCUT2D eigenvalue weighted by Gasteiger charge is 2.23. The number of aliphatic hydroxyl groups excluding tert-OH is 2. The van der Waals surface area contributed by atoms with Crippen LogP contribution in [-0.4, -0.2) is 45.0 Å². The Kier molecular flexibility index (Phi) is 8.35. The molecule has 0 saturated heterocycles. The maximum atomic E-state index is 12.8. The Labute approximate surface area is 176 Å². The first kappa shape index (κ1) is 23.3. The van der Waals surface area contributed by atoms with Crippen molar-refractivity contribution in [2.24, 2.45) is 7.05 Å². The van der Waals surface area contributed by atoms with Crippen LogP contribution in [0.15, 0.2) is 36.5 Å². The second-order valence-corrected chi connectivity index (χ2v) is 6.68. The molecule has 0 radical (unpaired) electrons. The van der Waals surface area contributed by atoms with E-state index in [0.717, 1.165) is 16.8 Å². The third-order valence-corrected chi connectivity index (χ3v) is 4.46. The average molecular weight is 415 g/mol. The minimum atomic E-state index is -1.07. The van der Waals surface area contributed by atoms with Crippen LogP contribution in [0.1, 0.15) is 35.3 Å². The predicted molar refractivity (Wildman–Crippen MR) is 118 cm³/mol. The number of amides is 1. The molecule has 0 aliphatic heterocycles. The summed E-state index contributed by atoms with van der Waals surface area (Å²) in [7, 11) is 1.83. The molecule has 0 aliphatic carbocycles. The van der Waals surface area contributed by atoms with E-state index >= 15 is 0 Å². The maximum Gasteiger partial charge on any atom is 0.279 e. The van der Waals surface area contributed by atoms with E-state index in [2.05, 4.69) is 21.8 Å². The number of benzene rings is 1. The first-order valence-electron chi connectivity index (χ1n) is 9.91. The summed E-state index contributed by atoms with van der Waals surface area (Å²) < 4.78 is 1.81. The number of hydrogen-bond acceptors (Lipinski definition) is 6. The molecule has 8 heteroatoms. The highest BCUT2D eigenvalue weighted by molar-refractivity contribution is 6.11. The third-order valence-electron chi connectivity index (χ3n) is 4.46. The lowest BCUT2D eigenvalue weighted by Gasteiger charge is -2.14. The molecule has 0 spiro atoms. The Hall–Kier alpha value is -2.94. The van der Waals surface area contributed by atoms with Crippen molar-refractivity contribution in [3.8, 4) is 0 Å². The molecule has 1 amide bonds. The van der Waals surface area contributed by atoms with Crippen LogP contribution < -0.4 is 10.8 Å². The van der Waals surface area contributed by atoms with Crippen molar-refractivity contribution in [2.45, 2.75) is 33.8 Å². The van der Waals surface area contributed by atoms with Gasteiger partial charge in [0, 0.05) is 24.3 Å². The number of nitrogens with one attached hydrogen (secondary N) is 2. The Morgan fingerprint density at radius 1 is 1.27 bits per heavy atom. The fourth-order valence-electron chi connectivity index (χ4n) is 3.03. The molecule has 30 heavy (non-hydrogen) atoms. The normalized spacial score (nSPS) is 11.6. The van der Waals surface area contributed by atoms with Crippen LogP contribution in [-0.2, 0) is 11.9 Å². The predicted octanol–water partition coefficient (Wildman–Crippen LogP) is 2.97. The number of pyridine rings is 1. The van der Waals surface area contributed by atoms with Crippen molar-refractivity contribution in [3.63, 3.8) is 0 Å². The fraction of sp³-hybridized carbons (Fsp3) is 0.364. The van der Waals surface area contributed by atoms with E-state index in [0.29, 0.717) is 22.4 Å². The largest absolute Gasteiger partial charge is 0.394 e. The highest BCUT2D eigenvalue weighted by atomic mass is 16.7. The number of nitrogens with zero attached hydrogens (tertiary/aromatic N) is 2. The lowest BCUT2D eigenvalue weighted by molar-refractivity contribution is -0.0294. The van der Waals surface area contributed by atoms with Crippen LogP contribution in [0.2, 0.25) is 0 Å². The van der Waals surface area contributed by atoms with E-state index < -0.39 is 18.6 Å². The van der Waals surface area contributed by atoms with Crippen molar-refractivity contribution in [2.75, 3.05) is 18.5 Å². The minimum Gasteiger partial charge on any atom is -0.394 e. The number of aromatic nitrogens is 2. The molecule has 0 saturated carbocycles. The molecule has 0 aliphatic rings. The summed E-state index contributed by atoms with van der Waals surface area (Å²) in [4.78, 5) is 22.2. The second-order valence-electron chi connectivity index (χ2n) is 6.68. The standard InChI is InChI=1S/C20H24N4O4.C2H6/c1-12-6-7-16(13(2)9-12)22-19-17(20(27)23-28-11-14(26)10-25)15-5-4-8-21-18(15)24(19)3;1-2/h4-9,14,22,25-26H,10-11H2,1-3H3,(H,23,27);1-2H3. The molecule has 2 heterocycles. The van der Waals surface area contributed by atoms with E-state index in [-0.39, 0.29) is 6.61 Å². The summed E-state index contributed by atoms with van der Waals surface area (Å²) in [5.74, 6) is 0.0977. The van der Waals surface area contributed by atoms with Crippen LogP contribution >= 0.6 is 0 Å². The number of aliphatic hydroxyl groups is 2. The number of fused-ring (bicyclic) bond motifs is 1. The van der Waals surface area contributed by atoms with Crippen LogP contribution in [0, 0.1) is 13.8 Å². The molecule has 2 aromatic heterocycles. The monoisotopic (exact) mass is 414 g/mol. The van der Waals surface area contributed by atoms with Crippen molar-refractivity contribution >= 4 is 28.4 Å². The summed E-state index contributed by atoms with van der Waals surface area (Å²) in [6, 6.07) is 9.59. The van der Waals surface area contributed by atoms with E-state index in [4.69, 9.17) is 9.94 Å².